The second-order valence-electron chi connectivity index (χ2n) is 7.21. The lowest BCUT2D eigenvalue weighted by atomic mass is 10.1. The van der Waals surface area contributed by atoms with Gasteiger partial charge in [0.15, 0.2) is 6.61 Å². The number of hydrogen-bond acceptors (Lipinski definition) is 4. The van der Waals surface area contributed by atoms with Crippen molar-refractivity contribution in [2.75, 3.05) is 18.5 Å². The Balaban J connectivity index is 1.57. The summed E-state index contributed by atoms with van der Waals surface area (Å²) < 4.78 is 5.19. The fourth-order valence-corrected chi connectivity index (χ4v) is 3.48. The second kappa shape index (κ2) is 9.37. The Morgan fingerprint density at radius 1 is 1.17 bits per heavy atom. The fraction of sp³-hybridized carbons (Fsp3) is 0.348. The molecule has 0 radical (unpaired) electrons. The Morgan fingerprint density at radius 3 is 2.69 bits per heavy atom. The molecule has 6 heteroatoms. The van der Waals surface area contributed by atoms with Gasteiger partial charge < -0.3 is 15.0 Å². The lowest BCUT2D eigenvalue weighted by Crippen LogP contribution is -2.24. The van der Waals surface area contributed by atoms with Crippen molar-refractivity contribution in [1.29, 1.82) is 0 Å². The lowest BCUT2D eigenvalue weighted by Gasteiger charge is -2.16. The normalized spacial score (nSPS) is 13.4. The van der Waals surface area contributed by atoms with Crippen molar-refractivity contribution in [3.05, 3.63) is 64.7 Å². The van der Waals surface area contributed by atoms with Gasteiger partial charge in [0.2, 0.25) is 5.91 Å². The van der Waals surface area contributed by atoms with E-state index in [1.54, 1.807) is 23.1 Å². The van der Waals surface area contributed by atoms with Crippen molar-refractivity contribution in [3.63, 3.8) is 0 Å². The molecular formula is C23H26N2O4. The summed E-state index contributed by atoms with van der Waals surface area (Å²) in [6.07, 6.45) is 2.25. The first-order valence-corrected chi connectivity index (χ1v) is 9.90. The maximum atomic E-state index is 12.4. The number of aryl methyl sites for hydroxylation is 2. The highest BCUT2D eigenvalue weighted by Crippen LogP contribution is 2.21. The van der Waals surface area contributed by atoms with Gasteiger partial charge in [-0.05, 0) is 48.6 Å². The van der Waals surface area contributed by atoms with Gasteiger partial charge in [-0.15, -0.1) is 0 Å². The van der Waals surface area contributed by atoms with E-state index in [0.717, 1.165) is 41.8 Å². The van der Waals surface area contributed by atoms with Crippen LogP contribution in [0.3, 0.4) is 0 Å². The lowest BCUT2D eigenvalue weighted by molar-refractivity contribution is -0.128. The van der Waals surface area contributed by atoms with Crippen LogP contribution in [0, 0.1) is 6.92 Å². The van der Waals surface area contributed by atoms with Gasteiger partial charge in [-0.1, -0.05) is 37.3 Å². The number of ether oxygens (including phenoxy) is 1. The third-order valence-corrected chi connectivity index (χ3v) is 5.05. The highest BCUT2D eigenvalue weighted by atomic mass is 16.5. The Hall–Kier alpha value is -3.15. The molecule has 0 saturated carbocycles. The summed E-state index contributed by atoms with van der Waals surface area (Å²) in [7, 11) is 0. The van der Waals surface area contributed by atoms with Gasteiger partial charge >= 0.3 is 5.97 Å². The van der Waals surface area contributed by atoms with Gasteiger partial charge in [-0.25, -0.2) is 4.79 Å². The number of nitrogens with one attached hydrogen (secondary N) is 1. The van der Waals surface area contributed by atoms with Crippen LogP contribution in [0.5, 0.6) is 0 Å². The second-order valence-corrected chi connectivity index (χ2v) is 7.21. The molecule has 2 amide bonds. The highest BCUT2D eigenvalue weighted by molar-refractivity contribution is 5.96. The first-order valence-electron chi connectivity index (χ1n) is 9.90. The van der Waals surface area contributed by atoms with Crippen LogP contribution < -0.4 is 5.32 Å². The molecule has 29 heavy (non-hydrogen) atoms. The number of carbonyl (C=O) groups is 3. The number of hydrogen-bond donors (Lipinski definition) is 1. The van der Waals surface area contributed by atoms with Gasteiger partial charge in [0, 0.05) is 25.2 Å². The van der Waals surface area contributed by atoms with Crippen LogP contribution in [-0.2, 0) is 27.3 Å². The van der Waals surface area contributed by atoms with E-state index in [0.29, 0.717) is 18.5 Å². The van der Waals surface area contributed by atoms with Crippen LogP contribution in [0.4, 0.5) is 5.69 Å². The van der Waals surface area contributed by atoms with E-state index in [9.17, 15) is 14.4 Å². The number of para-hydroxylation sites is 1. The molecule has 0 spiro atoms. The SMILES string of the molecule is CCc1cccc(C)c1NC(=O)COC(=O)c1cccc(CN2CCCC2=O)c1. The van der Waals surface area contributed by atoms with Crippen LogP contribution in [-0.4, -0.2) is 35.8 Å². The van der Waals surface area contributed by atoms with E-state index >= 15 is 0 Å². The average molecular weight is 394 g/mol. The summed E-state index contributed by atoms with van der Waals surface area (Å²) in [6.45, 7) is 4.82. The molecule has 0 unspecified atom stereocenters. The summed E-state index contributed by atoms with van der Waals surface area (Å²) in [4.78, 5) is 38.2. The average Bonchev–Trinajstić information content (AvgIpc) is 3.12. The van der Waals surface area contributed by atoms with Gasteiger partial charge in [0.05, 0.1) is 5.56 Å². The van der Waals surface area contributed by atoms with Crippen molar-refractivity contribution in [3.8, 4) is 0 Å². The minimum Gasteiger partial charge on any atom is -0.452 e. The van der Waals surface area contributed by atoms with Gasteiger partial charge in [-0.3, -0.25) is 9.59 Å². The predicted molar refractivity (Wildman–Crippen MR) is 111 cm³/mol. The summed E-state index contributed by atoms with van der Waals surface area (Å²) >= 11 is 0. The zero-order valence-corrected chi connectivity index (χ0v) is 16.9. The first-order chi connectivity index (χ1) is 14.0. The maximum Gasteiger partial charge on any atom is 0.338 e. The Morgan fingerprint density at radius 2 is 1.97 bits per heavy atom. The number of nitrogens with zero attached hydrogens (tertiary/aromatic N) is 1. The highest BCUT2D eigenvalue weighted by Gasteiger charge is 2.20. The van der Waals surface area contributed by atoms with E-state index in [1.165, 1.54) is 0 Å². The van der Waals surface area contributed by atoms with E-state index < -0.39 is 5.97 Å². The Bertz CT molecular complexity index is 923. The molecule has 1 aliphatic rings. The quantitative estimate of drug-likeness (QED) is 0.730. The van der Waals surface area contributed by atoms with Crippen molar-refractivity contribution >= 4 is 23.5 Å². The largest absolute Gasteiger partial charge is 0.452 e. The fourth-order valence-electron chi connectivity index (χ4n) is 3.48. The van der Waals surface area contributed by atoms with Gasteiger partial charge in [0.25, 0.3) is 5.91 Å². The number of likely N-dealkylation sites (tertiary alicyclic amines) is 1. The van der Waals surface area contributed by atoms with Crippen LogP contribution in [0.2, 0.25) is 0 Å². The molecule has 2 aromatic rings. The van der Waals surface area contributed by atoms with Gasteiger partial charge in [-0.2, -0.15) is 0 Å². The van der Waals surface area contributed by atoms with E-state index in [4.69, 9.17) is 4.74 Å². The smallest absolute Gasteiger partial charge is 0.338 e. The van der Waals surface area contributed by atoms with Crippen LogP contribution >= 0.6 is 0 Å². The zero-order chi connectivity index (χ0) is 20.8. The third kappa shape index (κ3) is 5.22. The van der Waals surface area contributed by atoms with Crippen molar-refractivity contribution < 1.29 is 19.1 Å². The number of rotatable bonds is 7. The number of anilines is 1. The summed E-state index contributed by atoms with van der Waals surface area (Å²) in [5.74, 6) is -0.797. The van der Waals surface area contributed by atoms with Crippen LogP contribution in [0.1, 0.15) is 46.8 Å². The topological polar surface area (TPSA) is 75.7 Å². The molecule has 1 heterocycles. The molecule has 6 nitrogen and oxygen atoms in total. The standard InChI is InChI=1S/C23H26N2O4/c1-3-18-9-4-7-16(2)22(18)24-20(26)15-29-23(28)19-10-5-8-17(13-19)14-25-12-6-11-21(25)27/h4-5,7-10,13H,3,6,11-12,14-15H2,1-2H3,(H,24,26). The molecule has 152 valence electrons. The minimum absolute atomic E-state index is 0.136. The molecule has 0 bridgehead atoms. The molecular weight excluding hydrogens is 368 g/mol. The summed E-state index contributed by atoms with van der Waals surface area (Å²) in [6, 6.07) is 12.8. The van der Waals surface area contributed by atoms with Crippen molar-refractivity contribution in [1.82, 2.24) is 4.90 Å². The number of benzene rings is 2. The summed E-state index contributed by atoms with van der Waals surface area (Å²) in [5, 5.41) is 2.84. The first kappa shape index (κ1) is 20.6. The number of carbonyl (C=O) groups excluding carboxylic acids is 3. The monoisotopic (exact) mass is 394 g/mol. The van der Waals surface area contributed by atoms with E-state index in [2.05, 4.69) is 5.32 Å². The molecule has 1 saturated heterocycles. The van der Waals surface area contributed by atoms with Crippen LogP contribution in [0.25, 0.3) is 0 Å². The van der Waals surface area contributed by atoms with E-state index in [-0.39, 0.29) is 18.4 Å². The number of amides is 2. The molecule has 0 atom stereocenters. The Kier molecular flexibility index (Phi) is 6.65. The molecule has 2 aromatic carbocycles. The zero-order valence-electron chi connectivity index (χ0n) is 16.9. The van der Waals surface area contributed by atoms with Crippen LogP contribution in [0.15, 0.2) is 42.5 Å². The number of esters is 1. The minimum atomic E-state index is -0.560. The molecule has 0 aromatic heterocycles. The molecule has 0 aliphatic carbocycles. The van der Waals surface area contributed by atoms with E-state index in [1.807, 2.05) is 38.1 Å². The predicted octanol–water partition coefficient (Wildman–Crippen LogP) is 3.48. The molecule has 1 fully saturated rings. The maximum absolute atomic E-state index is 12.4. The summed E-state index contributed by atoms with van der Waals surface area (Å²) in [5.41, 5.74) is 4.01. The molecule has 1 aliphatic heterocycles. The van der Waals surface area contributed by atoms with Crippen molar-refractivity contribution in [2.24, 2.45) is 0 Å². The van der Waals surface area contributed by atoms with Crippen molar-refractivity contribution in [2.45, 2.75) is 39.7 Å². The molecule has 1 N–H and O–H groups in total. The third-order valence-electron chi connectivity index (χ3n) is 5.05. The Labute approximate surface area is 170 Å². The van der Waals surface area contributed by atoms with Gasteiger partial charge in [0.1, 0.15) is 0 Å². The molecule has 3 rings (SSSR count).